The van der Waals surface area contributed by atoms with Gasteiger partial charge in [0.25, 0.3) is 11.5 Å². The minimum absolute atomic E-state index is 0.0576. The van der Waals surface area contributed by atoms with Crippen LogP contribution in [-0.2, 0) is 22.5 Å². The molecule has 0 unspecified atom stereocenters. The Morgan fingerprint density at radius 2 is 1.94 bits per heavy atom. The van der Waals surface area contributed by atoms with E-state index in [-0.39, 0.29) is 23.4 Å². The second kappa shape index (κ2) is 8.63. The third kappa shape index (κ3) is 3.99. The fourth-order valence-electron chi connectivity index (χ4n) is 4.55. The van der Waals surface area contributed by atoms with E-state index in [0.717, 1.165) is 18.4 Å². The van der Waals surface area contributed by atoms with Crippen LogP contribution in [0.5, 0.6) is 0 Å². The van der Waals surface area contributed by atoms with Crippen LogP contribution in [0.2, 0.25) is 0 Å². The Bertz CT molecular complexity index is 1060. The number of amides is 2. The topological polar surface area (TPSA) is 71.8 Å². The van der Waals surface area contributed by atoms with Gasteiger partial charge < -0.3 is 14.5 Å². The number of hydrogen-bond donors (Lipinski definition) is 0. The maximum absolute atomic E-state index is 13.6. The first-order valence-electron chi connectivity index (χ1n) is 10.5. The molecule has 2 aliphatic heterocycles. The smallest absolute Gasteiger partial charge is 0.268 e. The van der Waals surface area contributed by atoms with E-state index in [1.165, 1.54) is 35.8 Å². The number of halogens is 1. The number of fused-ring (bicyclic) bond motifs is 1. The second-order valence-electron chi connectivity index (χ2n) is 8.10. The molecule has 1 atom stereocenters. The highest BCUT2D eigenvalue weighted by Crippen LogP contribution is 2.26. The maximum atomic E-state index is 13.6. The van der Waals surface area contributed by atoms with Crippen LogP contribution in [0.4, 0.5) is 4.39 Å². The van der Waals surface area contributed by atoms with E-state index < -0.39 is 11.4 Å². The standard InChI is InChI=1S/C23H26FN3O4/c1-15(28)25-11-9-20-16(12-25)13-27(18-7-5-17(24)6-8-18)23(30)21(20)22(29)26-10-3-4-19(26)14-31-2/h5-8,13,19H,3-4,9-12,14H2,1-2H3/t19-/m0/s1. The van der Waals surface area contributed by atoms with Crippen molar-refractivity contribution in [2.45, 2.75) is 38.8 Å². The van der Waals surface area contributed by atoms with Crippen molar-refractivity contribution in [2.24, 2.45) is 0 Å². The van der Waals surface area contributed by atoms with Gasteiger partial charge in [0.05, 0.1) is 12.6 Å². The predicted molar refractivity (Wildman–Crippen MR) is 113 cm³/mol. The van der Waals surface area contributed by atoms with E-state index in [4.69, 9.17) is 4.74 Å². The van der Waals surface area contributed by atoms with Crippen LogP contribution in [-0.4, -0.2) is 59.0 Å². The van der Waals surface area contributed by atoms with Gasteiger partial charge in [-0.1, -0.05) is 0 Å². The summed E-state index contributed by atoms with van der Waals surface area (Å²) in [5, 5.41) is 0. The fraction of sp³-hybridized carbons (Fsp3) is 0.435. The largest absolute Gasteiger partial charge is 0.383 e. The Morgan fingerprint density at radius 3 is 2.61 bits per heavy atom. The van der Waals surface area contributed by atoms with E-state index in [1.807, 2.05) is 0 Å². The number of methoxy groups -OCH3 is 1. The Kier molecular flexibility index (Phi) is 5.91. The summed E-state index contributed by atoms with van der Waals surface area (Å²) in [7, 11) is 1.60. The molecule has 31 heavy (non-hydrogen) atoms. The Balaban J connectivity index is 1.85. The normalized spacial score (nSPS) is 18.2. The van der Waals surface area contributed by atoms with Crippen molar-refractivity contribution in [2.75, 3.05) is 26.8 Å². The number of nitrogens with zero attached hydrogens (tertiary/aromatic N) is 3. The molecule has 164 valence electrons. The molecule has 0 N–H and O–H groups in total. The minimum Gasteiger partial charge on any atom is -0.383 e. The van der Waals surface area contributed by atoms with Gasteiger partial charge in [0.1, 0.15) is 11.4 Å². The molecule has 1 fully saturated rings. The van der Waals surface area contributed by atoms with E-state index in [0.29, 0.717) is 43.9 Å². The van der Waals surface area contributed by atoms with Crippen LogP contribution in [0.3, 0.4) is 0 Å². The van der Waals surface area contributed by atoms with Gasteiger partial charge in [-0.25, -0.2) is 4.39 Å². The summed E-state index contributed by atoms with van der Waals surface area (Å²) in [5.41, 5.74) is 1.66. The third-order valence-corrected chi connectivity index (χ3v) is 6.16. The Labute approximate surface area is 180 Å². The molecule has 3 heterocycles. The van der Waals surface area contributed by atoms with E-state index in [2.05, 4.69) is 0 Å². The number of carbonyl (C=O) groups is 2. The molecule has 1 aromatic carbocycles. The summed E-state index contributed by atoms with van der Waals surface area (Å²) in [4.78, 5) is 42.5. The minimum atomic E-state index is -0.422. The zero-order valence-corrected chi connectivity index (χ0v) is 17.8. The first-order valence-corrected chi connectivity index (χ1v) is 10.5. The van der Waals surface area contributed by atoms with Crippen molar-refractivity contribution < 1.29 is 18.7 Å². The molecule has 0 aliphatic carbocycles. The second-order valence-corrected chi connectivity index (χ2v) is 8.10. The van der Waals surface area contributed by atoms with Crippen molar-refractivity contribution >= 4 is 11.8 Å². The molecule has 7 nitrogen and oxygen atoms in total. The number of benzene rings is 1. The lowest BCUT2D eigenvalue weighted by Gasteiger charge is -2.31. The first kappa shape index (κ1) is 21.2. The lowest BCUT2D eigenvalue weighted by Crippen LogP contribution is -2.44. The summed E-state index contributed by atoms with van der Waals surface area (Å²) in [5.74, 6) is -0.764. The van der Waals surface area contributed by atoms with E-state index in [1.54, 1.807) is 23.1 Å². The van der Waals surface area contributed by atoms with Gasteiger partial charge in [0.2, 0.25) is 5.91 Å². The summed E-state index contributed by atoms with van der Waals surface area (Å²) < 4.78 is 20.1. The Hall–Kier alpha value is -3.00. The van der Waals surface area contributed by atoms with Gasteiger partial charge in [0, 0.05) is 45.6 Å². The number of rotatable bonds is 4. The molecule has 1 aromatic heterocycles. The van der Waals surface area contributed by atoms with Gasteiger partial charge >= 0.3 is 0 Å². The highest BCUT2D eigenvalue weighted by atomic mass is 19.1. The van der Waals surface area contributed by atoms with Crippen LogP contribution in [0.15, 0.2) is 35.3 Å². The number of ether oxygens (including phenoxy) is 1. The summed E-state index contributed by atoms with van der Waals surface area (Å²) in [6, 6.07) is 5.50. The average molecular weight is 427 g/mol. The van der Waals surface area contributed by atoms with Crippen molar-refractivity contribution in [3.05, 3.63) is 63.3 Å². The van der Waals surface area contributed by atoms with Gasteiger partial charge in [-0.2, -0.15) is 0 Å². The first-order chi connectivity index (χ1) is 14.9. The number of aromatic nitrogens is 1. The lowest BCUT2D eigenvalue weighted by atomic mass is 9.95. The van der Waals surface area contributed by atoms with E-state index >= 15 is 0 Å². The molecule has 4 rings (SSSR count). The molecule has 0 spiro atoms. The summed E-state index contributed by atoms with van der Waals surface area (Å²) in [6.45, 7) is 3.29. The monoisotopic (exact) mass is 427 g/mol. The molecule has 0 radical (unpaired) electrons. The van der Waals surface area contributed by atoms with Gasteiger partial charge in [0.15, 0.2) is 0 Å². The highest BCUT2D eigenvalue weighted by Gasteiger charge is 2.34. The number of hydrogen-bond acceptors (Lipinski definition) is 4. The van der Waals surface area contributed by atoms with E-state index in [9.17, 15) is 18.8 Å². The zero-order chi connectivity index (χ0) is 22.1. The molecule has 1 saturated heterocycles. The van der Waals surface area contributed by atoms with Crippen LogP contribution in [0.25, 0.3) is 5.69 Å². The molecule has 2 aliphatic rings. The molecule has 2 aromatic rings. The Morgan fingerprint density at radius 1 is 1.19 bits per heavy atom. The lowest BCUT2D eigenvalue weighted by molar-refractivity contribution is -0.129. The quantitative estimate of drug-likeness (QED) is 0.750. The highest BCUT2D eigenvalue weighted by molar-refractivity contribution is 5.96. The van der Waals surface area contributed by atoms with Crippen molar-refractivity contribution in [3.63, 3.8) is 0 Å². The molecule has 2 amide bonds. The van der Waals surface area contributed by atoms with Crippen molar-refractivity contribution in [1.29, 1.82) is 0 Å². The van der Waals surface area contributed by atoms with Gasteiger partial charge in [-0.15, -0.1) is 0 Å². The molecule has 0 bridgehead atoms. The zero-order valence-electron chi connectivity index (χ0n) is 17.8. The summed E-state index contributed by atoms with van der Waals surface area (Å²) >= 11 is 0. The molecule has 8 heteroatoms. The molecule has 0 saturated carbocycles. The van der Waals surface area contributed by atoms with Gasteiger partial charge in [-0.05, 0) is 54.7 Å². The van der Waals surface area contributed by atoms with Crippen molar-refractivity contribution in [1.82, 2.24) is 14.4 Å². The number of carbonyl (C=O) groups excluding carboxylic acids is 2. The fourth-order valence-corrected chi connectivity index (χ4v) is 4.55. The molecular weight excluding hydrogens is 401 g/mol. The van der Waals surface area contributed by atoms with Crippen LogP contribution >= 0.6 is 0 Å². The van der Waals surface area contributed by atoms with Crippen LogP contribution < -0.4 is 5.56 Å². The summed E-state index contributed by atoms with van der Waals surface area (Å²) in [6.07, 6.45) is 3.81. The van der Waals surface area contributed by atoms with Crippen LogP contribution in [0, 0.1) is 5.82 Å². The third-order valence-electron chi connectivity index (χ3n) is 6.16. The number of likely N-dealkylation sites (tertiary alicyclic amines) is 1. The van der Waals surface area contributed by atoms with Gasteiger partial charge in [-0.3, -0.25) is 19.0 Å². The van der Waals surface area contributed by atoms with Crippen molar-refractivity contribution in [3.8, 4) is 5.69 Å². The van der Waals surface area contributed by atoms with Crippen LogP contribution in [0.1, 0.15) is 41.3 Å². The predicted octanol–water partition coefficient (Wildman–Crippen LogP) is 2.13. The maximum Gasteiger partial charge on any atom is 0.268 e. The SMILES string of the molecule is COC[C@@H]1CCCN1C(=O)c1c2c(cn(-c3ccc(F)cc3)c1=O)CN(C(C)=O)CC2. The average Bonchev–Trinajstić information content (AvgIpc) is 3.22. The molecular formula is C23H26FN3O4. The number of pyridine rings is 1.